The fraction of sp³-hybridized carbons (Fsp3) is 0.286. The van der Waals surface area contributed by atoms with Gasteiger partial charge in [0.1, 0.15) is 22.9 Å². The third-order valence-corrected chi connectivity index (χ3v) is 8.34. The Labute approximate surface area is 240 Å². The molecule has 204 valence electrons. The average molecular weight is 585 g/mol. The van der Waals surface area contributed by atoms with E-state index in [1.807, 2.05) is 61.9 Å². The van der Waals surface area contributed by atoms with Crippen molar-refractivity contribution in [2.75, 3.05) is 18.2 Å². The van der Waals surface area contributed by atoms with E-state index < -0.39 is 5.97 Å². The van der Waals surface area contributed by atoms with E-state index in [1.54, 1.807) is 12.1 Å². The maximum atomic E-state index is 12.9. The number of nitrogens with one attached hydrogen (secondary N) is 1. The summed E-state index contributed by atoms with van der Waals surface area (Å²) in [7, 11) is 1.33. The van der Waals surface area contributed by atoms with Crippen LogP contribution in [-0.4, -0.2) is 39.5 Å². The number of nitrogens with zero attached hydrogens (tertiary/aromatic N) is 3. The lowest BCUT2D eigenvalue weighted by Gasteiger charge is -2.11. The molecule has 0 aliphatic rings. The van der Waals surface area contributed by atoms with E-state index in [0.29, 0.717) is 38.9 Å². The summed E-state index contributed by atoms with van der Waals surface area (Å²) >= 11 is 8.66. The molecule has 0 atom stereocenters. The van der Waals surface area contributed by atoms with Crippen molar-refractivity contribution < 1.29 is 19.1 Å². The zero-order valence-electron chi connectivity index (χ0n) is 22.3. The van der Waals surface area contributed by atoms with Crippen LogP contribution in [0.25, 0.3) is 11.1 Å². The maximum absolute atomic E-state index is 12.9. The van der Waals surface area contributed by atoms with Crippen molar-refractivity contribution in [3.8, 4) is 16.9 Å². The fourth-order valence-electron chi connectivity index (χ4n) is 3.98. The molecule has 4 rings (SSSR count). The molecule has 0 saturated carbocycles. The largest absolute Gasteiger partial charge is 0.486 e. The number of carbonyl (C=O) groups excluding carboxylic acids is 2. The van der Waals surface area contributed by atoms with Gasteiger partial charge in [-0.3, -0.25) is 4.79 Å². The van der Waals surface area contributed by atoms with Gasteiger partial charge in [-0.25, -0.2) is 4.79 Å². The lowest BCUT2D eigenvalue weighted by atomic mass is 9.97. The summed E-state index contributed by atoms with van der Waals surface area (Å²) in [5.74, 6) is 0.666. The number of aromatic nitrogens is 3. The number of hydrogen-bond donors (Lipinski definition) is 1. The first-order valence-electron chi connectivity index (χ1n) is 12.2. The molecule has 2 heterocycles. The molecule has 0 spiro atoms. The highest BCUT2D eigenvalue weighted by molar-refractivity contribution is 7.99. The first-order chi connectivity index (χ1) is 18.7. The van der Waals surface area contributed by atoms with E-state index in [2.05, 4.69) is 15.5 Å². The number of thiophene rings is 1. The predicted octanol–water partition coefficient (Wildman–Crippen LogP) is 6.70. The first-order valence-corrected chi connectivity index (χ1v) is 14.5. The summed E-state index contributed by atoms with van der Waals surface area (Å²) in [4.78, 5) is 25.6. The Morgan fingerprint density at radius 1 is 1.08 bits per heavy atom. The molecule has 0 bridgehead atoms. The second-order valence-corrected chi connectivity index (χ2v) is 11.1. The minimum Gasteiger partial charge on any atom is -0.486 e. The highest BCUT2D eigenvalue weighted by Gasteiger charge is 2.24. The Bertz CT molecular complexity index is 1520. The van der Waals surface area contributed by atoms with Crippen molar-refractivity contribution in [1.29, 1.82) is 0 Å². The third-order valence-electron chi connectivity index (χ3n) is 6.06. The number of hydrogen-bond acceptors (Lipinski definition) is 8. The lowest BCUT2D eigenvalue weighted by molar-refractivity contribution is -0.113. The van der Waals surface area contributed by atoms with Crippen LogP contribution in [0.1, 0.15) is 39.8 Å². The van der Waals surface area contributed by atoms with Gasteiger partial charge in [0.05, 0.1) is 12.9 Å². The Kier molecular flexibility index (Phi) is 9.32. The highest BCUT2D eigenvalue weighted by Crippen LogP contribution is 2.38. The highest BCUT2D eigenvalue weighted by atomic mass is 35.5. The van der Waals surface area contributed by atoms with Crippen LogP contribution in [0.5, 0.6) is 5.75 Å². The predicted molar refractivity (Wildman–Crippen MR) is 156 cm³/mol. The molecule has 0 fully saturated rings. The molecule has 2 aromatic heterocycles. The molecule has 1 amide bonds. The summed E-state index contributed by atoms with van der Waals surface area (Å²) in [5, 5.41) is 15.0. The van der Waals surface area contributed by atoms with Crippen molar-refractivity contribution in [3.05, 3.63) is 74.9 Å². The van der Waals surface area contributed by atoms with Gasteiger partial charge >= 0.3 is 5.97 Å². The molecule has 0 unspecified atom stereocenters. The number of esters is 1. The van der Waals surface area contributed by atoms with E-state index in [0.717, 1.165) is 27.8 Å². The van der Waals surface area contributed by atoms with E-state index in [9.17, 15) is 9.59 Å². The van der Waals surface area contributed by atoms with E-state index >= 15 is 0 Å². The summed E-state index contributed by atoms with van der Waals surface area (Å²) < 4.78 is 12.8. The second-order valence-electron chi connectivity index (χ2n) is 8.84. The summed E-state index contributed by atoms with van der Waals surface area (Å²) in [6, 6.07) is 11.5. The number of benzene rings is 2. The van der Waals surface area contributed by atoms with Crippen molar-refractivity contribution >= 4 is 51.6 Å². The van der Waals surface area contributed by atoms with Crippen LogP contribution < -0.4 is 10.1 Å². The Morgan fingerprint density at radius 3 is 2.59 bits per heavy atom. The van der Waals surface area contributed by atoms with Crippen molar-refractivity contribution in [3.63, 3.8) is 0 Å². The number of aryl methyl sites for hydroxylation is 3. The summed E-state index contributed by atoms with van der Waals surface area (Å²) in [6.07, 6.45) is 0. The molecule has 0 radical (unpaired) electrons. The third kappa shape index (κ3) is 6.63. The van der Waals surface area contributed by atoms with Gasteiger partial charge in [-0.05, 0) is 62.6 Å². The molecule has 8 nitrogen and oxygen atoms in total. The van der Waals surface area contributed by atoms with Gasteiger partial charge in [-0.1, -0.05) is 47.1 Å². The minimum atomic E-state index is -0.499. The molecule has 0 saturated heterocycles. The summed E-state index contributed by atoms with van der Waals surface area (Å²) in [5.41, 5.74) is 5.05. The number of amides is 1. The molecule has 1 N–H and O–H groups in total. The Balaban J connectivity index is 1.45. The van der Waals surface area contributed by atoms with Crippen LogP contribution in [0.15, 0.2) is 46.9 Å². The van der Waals surface area contributed by atoms with Crippen molar-refractivity contribution in [2.24, 2.45) is 0 Å². The molecule has 0 aliphatic heterocycles. The quantitative estimate of drug-likeness (QED) is 0.164. The molecule has 2 aromatic carbocycles. The van der Waals surface area contributed by atoms with Crippen LogP contribution in [-0.2, 0) is 22.7 Å². The zero-order chi connectivity index (χ0) is 28.1. The van der Waals surface area contributed by atoms with Gasteiger partial charge in [0.25, 0.3) is 0 Å². The smallest absolute Gasteiger partial charge is 0.341 e. The van der Waals surface area contributed by atoms with Crippen LogP contribution >= 0.6 is 34.7 Å². The SMILES string of the molecule is CCn1c(COc2ccc(Cl)c(C)c2)nnc1SCC(=O)Nc1scc(-c2cc(C)ccc2C)c1C(=O)OC. The number of methoxy groups -OCH3 is 1. The monoisotopic (exact) mass is 584 g/mol. The number of anilines is 1. The topological polar surface area (TPSA) is 95.3 Å². The van der Waals surface area contributed by atoms with Crippen molar-refractivity contribution in [1.82, 2.24) is 14.8 Å². The van der Waals surface area contributed by atoms with E-state index in [1.165, 1.54) is 30.2 Å². The number of carbonyl (C=O) groups is 2. The Hall–Kier alpha value is -3.34. The molecule has 39 heavy (non-hydrogen) atoms. The van der Waals surface area contributed by atoms with Crippen LogP contribution in [0, 0.1) is 20.8 Å². The fourth-order valence-corrected chi connectivity index (χ4v) is 5.88. The van der Waals surface area contributed by atoms with Gasteiger partial charge in [0, 0.05) is 22.5 Å². The van der Waals surface area contributed by atoms with Crippen LogP contribution in [0.2, 0.25) is 5.02 Å². The van der Waals surface area contributed by atoms with Gasteiger partial charge in [0.15, 0.2) is 11.0 Å². The van der Waals surface area contributed by atoms with E-state index in [-0.39, 0.29) is 18.3 Å². The number of thioether (sulfide) groups is 1. The van der Waals surface area contributed by atoms with Crippen LogP contribution in [0.4, 0.5) is 5.00 Å². The van der Waals surface area contributed by atoms with Gasteiger partial charge in [0.2, 0.25) is 5.91 Å². The normalized spacial score (nSPS) is 10.9. The molecule has 0 aliphatic carbocycles. The van der Waals surface area contributed by atoms with Gasteiger partial charge in [-0.2, -0.15) is 0 Å². The van der Waals surface area contributed by atoms with E-state index in [4.69, 9.17) is 21.1 Å². The van der Waals surface area contributed by atoms with Crippen molar-refractivity contribution in [2.45, 2.75) is 46.0 Å². The average Bonchev–Trinajstić information content (AvgIpc) is 3.52. The molecule has 11 heteroatoms. The number of halogens is 1. The van der Waals surface area contributed by atoms with Gasteiger partial charge < -0.3 is 19.4 Å². The number of ether oxygens (including phenoxy) is 2. The number of rotatable bonds is 10. The maximum Gasteiger partial charge on any atom is 0.341 e. The minimum absolute atomic E-state index is 0.0900. The van der Waals surface area contributed by atoms with Gasteiger partial charge in [-0.15, -0.1) is 21.5 Å². The standard InChI is InChI=1S/C28H29ClN4O4S2/c1-6-33-23(13-37-19-9-10-22(29)18(4)12-19)31-32-28(33)39-15-24(34)30-26-25(27(35)36-5)21(14-38-26)20-11-16(2)7-8-17(20)3/h7-12,14H,6,13,15H2,1-5H3,(H,30,34). The first kappa shape index (κ1) is 28.7. The molecular formula is C28H29ClN4O4S2. The second kappa shape index (κ2) is 12.7. The Morgan fingerprint density at radius 2 is 1.87 bits per heavy atom. The lowest BCUT2D eigenvalue weighted by Crippen LogP contribution is -2.16. The summed E-state index contributed by atoms with van der Waals surface area (Å²) in [6.45, 7) is 8.73. The molecular weight excluding hydrogens is 556 g/mol. The van der Waals surface area contributed by atoms with Crippen LogP contribution in [0.3, 0.4) is 0 Å². The zero-order valence-corrected chi connectivity index (χ0v) is 24.7. The molecule has 4 aromatic rings.